The van der Waals surface area contributed by atoms with Crippen LogP contribution in [0.3, 0.4) is 0 Å². The van der Waals surface area contributed by atoms with Gasteiger partial charge in [-0.15, -0.1) is 0 Å². The van der Waals surface area contributed by atoms with Crippen LogP contribution < -0.4 is 11.2 Å². The Morgan fingerprint density at radius 3 is 2.00 bits per heavy atom. The smallest absolute Gasteiger partial charge is 0.330 e. The lowest BCUT2D eigenvalue weighted by atomic mass is 10.0. The van der Waals surface area contributed by atoms with Crippen LogP contribution in [0.25, 0.3) is 0 Å². The zero-order valence-electron chi connectivity index (χ0n) is 21.9. The number of aliphatic hydroxyl groups excluding tert-OH is 1. The van der Waals surface area contributed by atoms with E-state index >= 15 is 0 Å². The molecule has 1 aliphatic heterocycles. The number of carboxylic acids is 1. The molecule has 1 aliphatic rings. The van der Waals surface area contributed by atoms with Crippen molar-refractivity contribution in [3.05, 3.63) is 33.1 Å². The monoisotopic (exact) mass is 562 g/mol. The Hall–Kier alpha value is -1.82. The van der Waals surface area contributed by atoms with Crippen LogP contribution in [-0.4, -0.2) is 62.2 Å². The molecule has 4 N–H and O–H groups in total. The van der Waals surface area contributed by atoms with Crippen molar-refractivity contribution in [2.24, 2.45) is 0 Å². The fraction of sp³-hybridized carbons (Fsp3) is 0.800. The molecule has 0 saturated carbocycles. The second-order valence-electron chi connectivity index (χ2n) is 9.69. The summed E-state index contributed by atoms with van der Waals surface area (Å²) < 4.78 is 29.3. The summed E-state index contributed by atoms with van der Waals surface area (Å²) in [5, 5.41) is 18.3. The number of carboxylic acid groups (broad SMARTS) is 1. The summed E-state index contributed by atoms with van der Waals surface area (Å²) in [7, 11) is -3.36. The van der Waals surface area contributed by atoms with Gasteiger partial charge in [0.1, 0.15) is 18.3 Å². The highest BCUT2D eigenvalue weighted by atomic mass is 31.1. The van der Waals surface area contributed by atoms with Crippen molar-refractivity contribution in [3.8, 4) is 0 Å². The lowest BCUT2D eigenvalue weighted by Crippen LogP contribution is -2.40. The molecule has 3 unspecified atom stereocenters. The molecule has 1 aromatic heterocycles. The number of unbranched alkanes of at least 4 members (excludes halogenated alkanes) is 12. The summed E-state index contributed by atoms with van der Waals surface area (Å²) >= 11 is 0. The molecule has 0 spiro atoms. The molecule has 2 heterocycles. The van der Waals surface area contributed by atoms with Crippen LogP contribution >= 0.6 is 8.25 Å². The molecule has 5 atom stereocenters. The first-order valence-corrected chi connectivity index (χ1v) is 14.9. The maximum atomic E-state index is 12.3. The SMILES string of the molecule is O=C(O)CCCCCCCCCCCCCCCOC1C(O[PH](=O)O)[C@@H](CO)O[C@H]1n1ccc(=O)[nH]c1=O. The highest BCUT2D eigenvalue weighted by Gasteiger charge is 2.48. The summed E-state index contributed by atoms with van der Waals surface area (Å²) in [6.07, 6.45) is 11.5. The van der Waals surface area contributed by atoms with E-state index in [1.807, 2.05) is 0 Å². The summed E-state index contributed by atoms with van der Waals surface area (Å²) in [5.74, 6) is -0.716. The normalized spacial score (nSPS) is 22.1. The van der Waals surface area contributed by atoms with E-state index in [2.05, 4.69) is 4.98 Å². The van der Waals surface area contributed by atoms with E-state index in [0.717, 1.165) is 55.6 Å². The third-order valence-corrected chi connectivity index (χ3v) is 7.15. The molecule has 0 amide bonds. The first-order valence-electron chi connectivity index (χ1n) is 13.6. The molecule has 1 aromatic rings. The van der Waals surface area contributed by atoms with Gasteiger partial charge < -0.3 is 29.1 Å². The van der Waals surface area contributed by atoms with Gasteiger partial charge in [0.05, 0.1) is 6.61 Å². The van der Waals surface area contributed by atoms with Crippen LogP contribution in [0.2, 0.25) is 0 Å². The zero-order valence-corrected chi connectivity index (χ0v) is 22.9. The Kier molecular flexibility index (Phi) is 15.7. The predicted molar refractivity (Wildman–Crippen MR) is 140 cm³/mol. The van der Waals surface area contributed by atoms with Gasteiger partial charge in [-0.2, -0.15) is 0 Å². The van der Waals surface area contributed by atoms with Crippen molar-refractivity contribution < 1.29 is 38.5 Å². The molecule has 1 fully saturated rings. The van der Waals surface area contributed by atoms with Gasteiger partial charge in [0.15, 0.2) is 6.23 Å². The second kappa shape index (κ2) is 18.5. The second-order valence-corrected chi connectivity index (χ2v) is 10.5. The van der Waals surface area contributed by atoms with Gasteiger partial charge in [-0.1, -0.05) is 70.6 Å². The van der Waals surface area contributed by atoms with E-state index in [-0.39, 0.29) is 6.42 Å². The van der Waals surface area contributed by atoms with Crippen LogP contribution in [0, 0.1) is 0 Å². The molecule has 13 heteroatoms. The van der Waals surface area contributed by atoms with Crippen LogP contribution in [0.15, 0.2) is 21.9 Å². The Bertz CT molecular complexity index is 953. The Balaban J connectivity index is 1.65. The lowest BCUT2D eigenvalue weighted by Gasteiger charge is -2.24. The number of aliphatic hydroxyl groups is 1. The third kappa shape index (κ3) is 11.9. The molecule has 218 valence electrons. The standard InChI is InChI=1S/C25H43N2O10P/c28-18-19-22(37-38(33)34)23(24(36-19)27-16-15-20(29)26-25(27)32)35-17-13-11-9-7-5-3-1-2-4-6-8-10-12-14-21(30)31/h15-16,19,22-24,28,38H,1-14,17-18H2,(H,30,31)(H,33,34)(H,26,29,32)/t19-,22?,23?,24-/m1/s1. The van der Waals surface area contributed by atoms with E-state index in [9.17, 15) is 28.9 Å². The van der Waals surface area contributed by atoms with Gasteiger partial charge in [0.2, 0.25) is 0 Å². The quantitative estimate of drug-likeness (QED) is 0.129. The van der Waals surface area contributed by atoms with Crippen molar-refractivity contribution in [2.75, 3.05) is 13.2 Å². The van der Waals surface area contributed by atoms with Gasteiger partial charge in [-0.3, -0.25) is 23.7 Å². The molecule has 1 saturated heterocycles. The van der Waals surface area contributed by atoms with E-state index in [1.165, 1.54) is 44.7 Å². The molecule has 0 radical (unpaired) electrons. The predicted octanol–water partition coefficient (Wildman–Crippen LogP) is 3.12. The number of aliphatic carboxylic acids is 1. The lowest BCUT2D eigenvalue weighted by molar-refractivity contribution is -0.137. The highest BCUT2D eigenvalue weighted by molar-refractivity contribution is 7.32. The van der Waals surface area contributed by atoms with Crippen molar-refractivity contribution in [1.29, 1.82) is 0 Å². The number of H-pyrrole nitrogens is 1. The van der Waals surface area contributed by atoms with Crippen LogP contribution in [0.1, 0.15) is 96.1 Å². The van der Waals surface area contributed by atoms with Crippen molar-refractivity contribution >= 4 is 14.2 Å². The Labute approximate surface area is 223 Å². The van der Waals surface area contributed by atoms with Gasteiger partial charge in [0, 0.05) is 25.3 Å². The number of rotatable bonds is 21. The number of aromatic nitrogens is 2. The van der Waals surface area contributed by atoms with Crippen LogP contribution in [-0.2, 0) is 23.4 Å². The molecule has 0 bridgehead atoms. The minimum absolute atomic E-state index is 0.269. The first kappa shape index (κ1) is 32.4. The number of aromatic amines is 1. The van der Waals surface area contributed by atoms with E-state index in [1.54, 1.807) is 0 Å². The fourth-order valence-electron chi connectivity index (χ4n) is 4.69. The van der Waals surface area contributed by atoms with Crippen molar-refractivity contribution in [3.63, 3.8) is 0 Å². The van der Waals surface area contributed by atoms with Gasteiger partial charge in [-0.05, 0) is 12.8 Å². The molecule has 38 heavy (non-hydrogen) atoms. The first-order chi connectivity index (χ1) is 18.3. The van der Waals surface area contributed by atoms with Gasteiger partial charge in [-0.25, -0.2) is 4.79 Å². The summed E-state index contributed by atoms with van der Waals surface area (Å²) in [5.41, 5.74) is -1.29. The van der Waals surface area contributed by atoms with E-state index in [4.69, 9.17) is 19.1 Å². The van der Waals surface area contributed by atoms with Gasteiger partial charge >= 0.3 is 19.9 Å². The maximum absolute atomic E-state index is 12.3. The topological polar surface area (TPSA) is 177 Å². The number of ether oxygens (including phenoxy) is 2. The van der Waals surface area contributed by atoms with Crippen LogP contribution in [0.4, 0.5) is 0 Å². The average molecular weight is 563 g/mol. The summed E-state index contributed by atoms with van der Waals surface area (Å²) in [6.45, 7) is -0.180. The van der Waals surface area contributed by atoms with Crippen LogP contribution in [0.5, 0.6) is 0 Å². The summed E-state index contributed by atoms with van der Waals surface area (Å²) in [6, 6.07) is 1.16. The van der Waals surface area contributed by atoms with Crippen molar-refractivity contribution in [2.45, 2.75) is 114 Å². The number of nitrogens with one attached hydrogen (secondary N) is 1. The molecule has 12 nitrogen and oxygen atoms in total. The largest absolute Gasteiger partial charge is 0.481 e. The zero-order chi connectivity index (χ0) is 27.8. The number of carbonyl (C=O) groups is 1. The number of hydrogen-bond donors (Lipinski definition) is 4. The van der Waals surface area contributed by atoms with Gasteiger partial charge in [0.25, 0.3) is 5.56 Å². The van der Waals surface area contributed by atoms with Crippen molar-refractivity contribution in [1.82, 2.24) is 9.55 Å². The fourth-order valence-corrected chi connectivity index (χ4v) is 5.20. The Morgan fingerprint density at radius 1 is 0.947 bits per heavy atom. The third-order valence-electron chi connectivity index (χ3n) is 6.67. The molecular weight excluding hydrogens is 519 g/mol. The molecule has 2 rings (SSSR count). The minimum Gasteiger partial charge on any atom is -0.481 e. The Morgan fingerprint density at radius 2 is 1.50 bits per heavy atom. The molecule has 0 aliphatic carbocycles. The summed E-state index contributed by atoms with van der Waals surface area (Å²) in [4.78, 5) is 45.6. The highest BCUT2D eigenvalue weighted by Crippen LogP contribution is 2.37. The van der Waals surface area contributed by atoms with E-state index < -0.39 is 56.6 Å². The number of hydrogen-bond acceptors (Lipinski definition) is 8. The minimum atomic E-state index is -3.36. The molecule has 0 aromatic carbocycles. The average Bonchev–Trinajstić information content (AvgIpc) is 3.19. The maximum Gasteiger partial charge on any atom is 0.330 e. The van der Waals surface area contributed by atoms with E-state index in [0.29, 0.717) is 6.61 Å². The number of nitrogens with zero attached hydrogens (tertiary/aromatic N) is 1. The molecular formula is C25H43N2O10P.